The lowest BCUT2D eigenvalue weighted by Gasteiger charge is -2.22. The van der Waals surface area contributed by atoms with Gasteiger partial charge in [0.25, 0.3) is 0 Å². The number of hydrogen-bond acceptors (Lipinski definition) is 8. The van der Waals surface area contributed by atoms with Gasteiger partial charge in [0, 0.05) is 18.1 Å². The molecule has 0 aromatic heterocycles. The zero-order chi connectivity index (χ0) is 22.3. The Bertz CT molecular complexity index is 770. The van der Waals surface area contributed by atoms with Gasteiger partial charge in [0.2, 0.25) is 23.6 Å². The quantitative estimate of drug-likeness (QED) is 0.209. The molecule has 4 amide bonds. The molecular formula is C19H26N4O6S2. The van der Waals surface area contributed by atoms with Crippen LogP contribution in [0.1, 0.15) is 32.1 Å². The molecule has 2 atom stereocenters. The number of fused-ring (bicyclic) bond motifs is 7. The zero-order valence-corrected chi connectivity index (χ0v) is 18.6. The van der Waals surface area contributed by atoms with Crippen molar-refractivity contribution in [3.05, 3.63) is 12.2 Å². The van der Waals surface area contributed by atoms with E-state index in [4.69, 9.17) is 4.74 Å². The molecule has 2 heterocycles. The fourth-order valence-corrected chi connectivity index (χ4v) is 5.24. The summed E-state index contributed by atoms with van der Waals surface area (Å²) >= 11 is 0. The Labute approximate surface area is 187 Å². The van der Waals surface area contributed by atoms with Crippen molar-refractivity contribution in [2.75, 3.05) is 24.6 Å². The average Bonchev–Trinajstić information content (AvgIpc) is 3.49. The van der Waals surface area contributed by atoms with Crippen LogP contribution in [0.5, 0.6) is 0 Å². The van der Waals surface area contributed by atoms with Crippen LogP contribution >= 0.6 is 21.6 Å². The number of nitrogens with one attached hydrogen (secondary N) is 4. The van der Waals surface area contributed by atoms with Gasteiger partial charge in [-0.05, 0) is 25.3 Å². The molecular weight excluding hydrogens is 444 g/mol. The van der Waals surface area contributed by atoms with Crippen LogP contribution in [-0.4, -0.2) is 71.9 Å². The molecule has 12 heteroatoms. The van der Waals surface area contributed by atoms with Gasteiger partial charge in [-0.25, -0.2) is 0 Å². The van der Waals surface area contributed by atoms with Crippen molar-refractivity contribution >= 4 is 51.2 Å². The number of esters is 1. The molecule has 1 spiro atoms. The van der Waals surface area contributed by atoms with E-state index in [9.17, 15) is 24.0 Å². The maximum Gasteiger partial charge on any atom is 0.308 e. The Balaban J connectivity index is 1.83. The van der Waals surface area contributed by atoms with Crippen LogP contribution in [0.15, 0.2) is 12.2 Å². The van der Waals surface area contributed by atoms with Crippen LogP contribution in [0.3, 0.4) is 0 Å². The molecule has 3 aliphatic rings. The van der Waals surface area contributed by atoms with E-state index in [2.05, 4.69) is 21.3 Å². The molecule has 4 N–H and O–H groups in total. The lowest BCUT2D eigenvalue weighted by atomic mass is 10.2. The molecule has 0 aromatic rings. The smallest absolute Gasteiger partial charge is 0.308 e. The lowest BCUT2D eigenvalue weighted by molar-refractivity contribution is -0.148. The molecule has 0 aromatic carbocycles. The fraction of sp³-hybridized carbons (Fsp3) is 0.632. The minimum absolute atomic E-state index is 0.0586. The third-order valence-corrected chi connectivity index (χ3v) is 7.41. The number of carbonyl (C=O) groups is 5. The molecule has 10 nitrogen and oxygen atoms in total. The van der Waals surface area contributed by atoms with Crippen molar-refractivity contribution in [3.63, 3.8) is 0 Å². The molecule has 0 radical (unpaired) electrons. The summed E-state index contributed by atoms with van der Waals surface area (Å²) in [4.78, 5) is 62.2. The second-order valence-corrected chi connectivity index (χ2v) is 10.2. The second-order valence-electron chi connectivity index (χ2n) is 7.53. The average molecular weight is 471 g/mol. The van der Waals surface area contributed by atoms with Crippen molar-refractivity contribution in [3.8, 4) is 0 Å². The third-order valence-electron chi connectivity index (χ3n) is 4.97. The van der Waals surface area contributed by atoms with E-state index in [0.717, 1.165) is 5.75 Å². The Hall–Kier alpha value is -2.21. The molecule has 0 unspecified atom stereocenters. The molecule has 2 bridgehead atoms. The monoisotopic (exact) mass is 470 g/mol. The molecule has 2 aliphatic heterocycles. The van der Waals surface area contributed by atoms with E-state index in [1.807, 2.05) is 6.08 Å². The zero-order valence-electron chi connectivity index (χ0n) is 16.9. The van der Waals surface area contributed by atoms with E-state index in [0.29, 0.717) is 25.0 Å². The molecule has 31 heavy (non-hydrogen) atoms. The van der Waals surface area contributed by atoms with Gasteiger partial charge in [-0.2, -0.15) is 0 Å². The van der Waals surface area contributed by atoms with Gasteiger partial charge in [-0.3, -0.25) is 24.0 Å². The number of hydrogen-bond donors (Lipinski definition) is 4. The highest BCUT2D eigenvalue weighted by Gasteiger charge is 2.51. The minimum atomic E-state index is -1.01. The summed E-state index contributed by atoms with van der Waals surface area (Å²) in [6.07, 6.45) is 4.22. The molecule has 1 saturated carbocycles. The third kappa shape index (κ3) is 7.17. The number of carbonyl (C=O) groups excluding carboxylic acids is 5. The Morgan fingerprint density at radius 1 is 1.03 bits per heavy atom. The van der Waals surface area contributed by atoms with Crippen molar-refractivity contribution in [1.29, 1.82) is 0 Å². The maximum absolute atomic E-state index is 12.9. The molecule has 1 aliphatic carbocycles. The number of allylic oxidation sites excluding steroid dienone is 1. The van der Waals surface area contributed by atoms with Crippen molar-refractivity contribution in [1.82, 2.24) is 21.3 Å². The van der Waals surface area contributed by atoms with E-state index >= 15 is 0 Å². The van der Waals surface area contributed by atoms with Crippen LogP contribution < -0.4 is 21.3 Å². The molecule has 1 saturated heterocycles. The van der Waals surface area contributed by atoms with E-state index < -0.39 is 41.4 Å². The van der Waals surface area contributed by atoms with Gasteiger partial charge < -0.3 is 26.0 Å². The van der Waals surface area contributed by atoms with E-state index in [-0.39, 0.29) is 31.8 Å². The van der Waals surface area contributed by atoms with Crippen LogP contribution in [0, 0.1) is 0 Å². The van der Waals surface area contributed by atoms with Gasteiger partial charge in [0.15, 0.2) is 0 Å². The van der Waals surface area contributed by atoms with Gasteiger partial charge in [-0.15, -0.1) is 0 Å². The number of rotatable bonds is 0. The minimum Gasteiger partial charge on any atom is -0.458 e. The van der Waals surface area contributed by atoms with Crippen LogP contribution in [0.25, 0.3) is 0 Å². The van der Waals surface area contributed by atoms with Gasteiger partial charge in [-0.1, -0.05) is 27.7 Å². The largest absolute Gasteiger partial charge is 0.458 e. The first-order valence-electron chi connectivity index (χ1n) is 10.1. The Morgan fingerprint density at radius 3 is 2.61 bits per heavy atom. The number of amides is 4. The molecule has 3 rings (SSSR count). The molecule has 170 valence electrons. The van der Waals surface area contributed by atoms with Crippen molar-refractivity contribution in [2.24, 2.45) is 0 Å². The summed E-state index contributed by atoms with van der Waals surface area (Å²) in [6, 6.07) is -0.846. The first-order chi connectivity index (χ1) is 14.9. The van der Waals surface area contributed by atoms with Gasteiger partial charge >= 0.3 is 5.97 Å². The highest BCUT2D eigenvalue weighted by Crippen LogP contribution is 2.36. The topological polar surface area (TPSA) is 143 Å². The Kier molecular flexibility index (Phi) is 8.24. The lowest BCUT2D eigenvalue weighted by Crippen LogP contribution is -2.57. The summed E-state index contributed by atoms with van der Waals surface area (Å²) in [6.45, 7) is -0.249. The normalized spacial score (nSPS) is 29.4. The van der Waals surface area contributed by atoms with Crippen LogP contribution in [-0.2, 0) is 28.7 Å². The second kappa shape index (κ2) is 10.9. The Morgan fingerprint density at radius 2 is 1.84 bits per heavy atom. The van der Waals surface area contributed by atoms with Gasteiger partial charge in [0.1, 0.15) is 17.7 Å². The van der Waals surface area contributed by atoms with Gasteiger partial charge in [0.05, 0.1) is 19.4 Å². The predicted octanol–water partition coefficient (Wildman–Crippen LogP) is -0.601. The number of ether oxygens (including phenoxy) is 1. The first kappa shape index (κ1) is 23.5. The van der Waals surface area contributed by atoms with E-state index in [1.165, 1.54) is 10.8 Å². The highest BCUT2D eigenvalue weighted by atomic mass is 33.1. The maximum atomic E-state index is 12.9. The van der Waals surface area contributed by atoms with Crippen molar-refractivity contribution in [2.45, 2.75) is 49.8 Å². The van der Waals surface area contributed by atoms with E-state index in [1.54, 1.807) is 16.9 Å². The summed E-state index contributed by atoms with van der Waals surface area (Å²) in [7, 11) is 2.98. The molecule has 2 fully saturated rings. The van der Waals surface area contributed by atoms with Crippen LogP contribution in [0.2, 0.25) is 0 Å². The fourth-order valence-electron chi connectivity index (χ4n) is 3.08. The summed E-state index contributed by atoms with van der Waals surface area (Å²) < 4.78 is 5.39. The predicted molar refractivity (Wildman–Crippen MR) is 116 cm³/mol. The standard InChI is InChI=1S/C19H26N4O6S2/c24-14-9-12-3-1-2-8-30-31-11-13(22-15(25)10-21-14)17(27)23-19(5-6-19)18(28)20-7-4-16(26)29-12/h1,3,12-13H,2,4-11H2,(H,20,28)(H,21,24)(H,22,25)(H,23,27)/b3-1+/t12-,13-/m1/s1. The summed E-state index contributed by atoms with van der Waals surface area (Å²) in [5, 5.41) is 10.6. The first-order valence-corrected chi connectivity index (χ1v) is 12.6. The van der Waals surface area contributed by atoms with Crippen molar-refractivity contribution < 1.29 is 28.7 Å². The summed E-state index contributed by atoms with van der Waals surface area (Å²) in [5.41, 5.74) is -1.01. The highest BCUT2D eigenvalue weighted by molar-refractivity contribution is 8.76. The SMILES string of the molecule is O=C1C[C@H]2/C=C/CCSSC[C@@H](NC(=O)CN1)C(=O)NC1(CC1)C(=O)NCCC(=O)O2. The summed E-state index contributed by atoms with van der Waals surface area (Å²) in [5.74, 6) is -1.28. The van der Waals surface area contributed by atoms with Crippen LogP contribution in [0.4, 0.5) is 0 Å².